The van der Waals surface area contributed by atoms with Gasteiger partial charge in [-0.3, -0.25) is 10.1 Å². The van der Waals surface area contributed by atoms with Gasteiger partial charge in [-0.15, -0.1) is 0 Å². The van der Waals surface area contributed by atoms with Crippen LogP contribution in [0.1, 0.15) is 24.5 Å². The van der Waals surface area contributed by atoms with Crippen molar-refractivity contribution in [2.75, 3.05) is 0 Å². The molecule has 0 aliphatic heterocycles. The lowest BCUT2D eigenvalue weighted by atomic mass is 10.1. The van der Waals surface area contributed by atoms with E-state index in [1.54, 1.807) is 0 Å². The molecule has 1 aliphatic carbocycles. The SMILES string of the molecule is O=[N+]([O-])c1ccc(F)c(-c2nc(Cl)cc(C3CC3)n2)c1F. The van der Waals surface area contributed by atoms with Crippen molar-refractivity contribution in [1.29, 1.82) is 0 Å². The number of hydrogen-bond acceptors (Lipinski definition) is 4. The Labute approximate surface area is 122 Å². The maximum atomic E-state index is 14.1. The number of rotatable bonds is 3. The topological polar surface area (TPSA) is 68.9 Å². The molecule has 1 fully saturated rings. The van der Waals surface area contributed by atoms with Gasteiger partial charge in [-0.2, -0.15) is 4.39 Å². The van der Waals surface area contributed by atoms with Crippen molar-refractivity contribution < 1.29 is 13.7 Å². The van der Waals surface area contributed by atoms with Gasteiger partial charge in [0.2, 0.25) is 5.82 Å². The zero-order valence-corrected chi connectivity index (χ0v) is 11.3. The molecular weight excluding hydrogens is 304 g/mol. The first kappa shape index (κ1) is 13.8. The van der Waals surface area contributed by atoms with Gasteiger partial charge in [-0.05, 0) is 25.0 Å². The highest BCUT2D eigenvalue weighted by atomic mass is 35.5. The first-order valence-corrected chi connectivity index (χ1v) is 6.52. The molecule has 0 bridgehead atoms. The van der Waals surface area contributed by atoms with E-state index in [4.69, 9.17) is 11.6 Å². The molecule has 1 heterocycles. The van der Waals surface area contributed by atoms with Gasteiger partial charge in [-0.25, -0.2) is 14.4 Å². The Bertz CT molecular complexity index is 750. The molecule has 0 atom stereocenters. The summed E-state index contributed by atoms with van der Waals surface area (Å²) in [6.07, 6.45) is 1.85. The highest BCUT2D eigenvalue weighted by Gasteiger charge is 2.29. The Balaban J connectivity index is 2.20. The van der Waals surface area contributed by atoms with Gasteiger partial charge < -0.3 is 0 Å². The zero-order chi connectivity index (χ0) is 15.1. The van der Waals surface area contributed by atoms with Crippen LogP contribution in [0, 0.1) is 21.7 Å². The van der Waals surface area contributed by atoms with Gasteiger partial charge in [0.15, 0.2) is 5.82 Å². The van der Waals surface area contributed by atoms with Crippen LogP contribution in [0.25, 0.3) is 11.4 Å². The summed E-state index contributed by atoms with van der Waals surface area (Å²) in [4.78, 5) is 17.7. The van der Waals surface area contributed by atoms with Gasteiger partial charge in [0.05, 0.1) is 10.5 Å². The number of halogens is 3. The predicted molar refractivity (Wildman–Crippen MR) is 71.0 cm³/mol. The van der Waals surface area contributed by atoms with E-state index >= 15 is 0 Å². The fourth-order valence-electron chi connectivity index (χ4n) is 2.02. The number of nitrogens with zero attached hydrogens (tertiary/aromatic N) is 3. The Morgan fingerprint density at radius 2 is 2.00 bits per heavy atom. The molecular formula is C13H8ClF2N3O2. The van der Waals surface area contributed by atoms with Crippen LogP contribution in [0.5, 0.6) is 0 Å². The lowest BCUT2D eigenvalue weighted by molar-refractivity contribution is -0.387. The maximum Gasteiger partial charge on any atom is 0.305 e. The van der Waals surface area contributed by atoms with E-state index in [0.29, 0.717) is 5.69 Å². The van der Waals surface area contributed by atoms with Crippen molar-refractivity contribution in [3.63, 3.8) is 0 Å². The summed E-state index contributed by atoms with van der Waals surface area (Å²) in [6.45, 7) is 0. The minimum atomic E-state index is -1.30. The lowest BCUT2D eigenvalue weighted by Crippen LogP contribution is -2.02. The number of nitro benzene ring substituents is 1. The third kappa shape index (κ3) is 2.56. The molecule has 0 saturated heterocycles. The monoisotopic (exact) mass is 311 g/mol. The summed E-state index contributed by atoms with van der Waals surface area (Å²) in [5.41, 5.74) is -0.869. The molecule has 5 nitrogen and oxygen atoms in total. The highest BCUT2D eigenvalue weighted by molar-refractivity contribution is 6.29. The quantitative estimate of drug-likeness (QED) is 0.490. The average molecular weight is 312 g/mol. The predicted octanol–water partition coefficient (Wildman–Crippen LogP) is 3.86. The first-order valence-electron chi connectivity index (χ1n) is 6.14. The van der Waals surface area contributed by atoms with Crippen molar-refractivity contribution in [2.24, 2.45) is 0 Å². The molecule has 0 amide bonds. The molecule has 1 saturated carbocycles. The van der Waals surface area contributed by atoms with E-state index in [2.05, 4.69) is 9.97 Å². The van der Waals surface area contributed by atoms with Gasteiger partial charge >= 0.3 is 5.69 Å². The molecule has 1 aromatic heterocycles. The minimum Gasteiger partial charge on any atom is -0.258 e. The fourth-order valence-corrected chi connectivity index (χ4v) is 2.21. The van der Waals surface area contributed by atoms with Crippen LogP contribution in [0.3, 0.4) is 0 Å². The molecule has 1 aliphatic rings. The molecule has 0 unspecified atom stereocenters. The largest absolute Gasteiger partial charge is 0.305 e. The third-order valence-corrected chi connectivity index (χ3v) is 3.39. The summed E-state index contributed by atoms with van der Waals surface area (Å²) >= 11 is 5.85. The van der Waals surface area contributed by atoms with Crippen LogP contribution in [0.15, 0.2) is 18.2 Å². The van der Waals surface area contributed by atoms with Crippen molar-refractivity contribution in [1.82, 2.24) is 9.97 Å². The second-order valence-corrected chi connectivity index (χ2v) is 5.11. The van der Waals surface area contributed by atoms with Gasteiger partial charge in [0.1, 0.15) is 11.0 Å². The van der Waals surface area contributed by atoms with Crippen molar-refractivity contribution >= 4 is 17.3 Å². The average Bonchev–Trinajstić information content (AvgIpc) is 3.21. The van der Waals surface area contributed by atoms with E-state index in [9.17, 15) is 18.9 Å². The van der Waals surface area contributed by atoms with Gasteiger partial charge in [0, 0.05) is 17.7 Å². The number of benzene rings is 1. The Morgan fingerprint density at radius 3 is 2.62 bits per heavy atom. The standard InChI is InChI=1S/C13H8ClF2N3O2/c14-10-5-8(6-1-2-6)17-13(18-10)11-7(15)3-4-9(12(11)16)19(20)21/h3-6H,1-2H2. The first-order chi connectivity index (χ1) is 9.97. The van der Waals surface area contributed by atoms with Crippen LogP contribution in [-0.4, -0.2) is 14.9 Å². The highest BCUT2D eigenvalue weighted by Crippen LogP contribution is 2.40. The molecule has 3 rings (SSSR count). The van der Waals surface area contributed by atoms with E-state index in [-0.39, 0.29) is 16.9 Å². The maximum absolute atomic E-state index is 14.1. The molecule has 21 heavy (non-hydrogen) atoms. The van der Waals surface area contributed by atoms with E-state index < -0.39 is 27.8 Å². The molecule has 1 aromatic carbocycles. The normalized spacial score (nSPS) is 14.2. The summed E-state index contributed by atoms with van der Waals surface area (Å²) in [5, 5.41) is 10.8. The van der Waals surface area contributed by atoms with Crippen LogP contribution >= 0.6 is 11.6 Å². The van der Waals surface area contributed by atoms with Gasteiger partial charge in [0.25, 0.3) is 0 Å². The van der Waals surface area contributed by atoms with E-state index in [0.717, 1.165) is 25.0 Å². The lowest BCUT2D eigenvalue weighted by Gasteiger charge is -2.07. The van der Waals surface area contributed by atoms with Crippen molar-refractivity contribution in [3.8, 4) is 11.4 Å². The Hall–Kier alpha value is -2.15. The summed E-state index contributed by atoms with van der Waals surface area (Å²) in [6, 6.07) is 3.12. The molecule has 0 spiro atoms. The molecule has 108 valence electrons. The van der Waals surface area contributed by atoms with E-state index in [1.165, 1.54) is 6.07 Å². The second kappa shape index (κ2) is 5.00. The number of nitro groups is 1. The smallest absolute Gasteiger partial charge is 0.258 e. The third-order valence-electron chi connectivity index (χ3n) is 3.20. The van der Waals surface area contributed by atoms with Crippen LogP contribution in [0.4, 0.5) is 14.5 Å². The molecule has 2 aromatic rings. The van der Waals surface area contributed by atoms with Crippen LogP contribution in [0.2, 0.25) is 5.15 Å². The zero-order valence-electron chi connectivity index (χ0n) is 10.5. The summed E-state index contributed by atoms with van der Waals surface area (Å²) in [5.74, 6) is -2.34. The summed E-state index contributed by atoms with van der Waals surface area (Å²) in [7, 11) is 0. The molecule has 8 heteroatoms. The molecule has 0 N–H and O–H groups in total. The Kier molecular flexibility index (Phi) is 3.29. The fraction of sp³-hybridized carbons (Fsp3) is 0.231. The van der Waals surface area contributed by atoms with Crippen molar-refractivity contribution in [3.05, 3.63) is 50.8 Å². The molecule has 0 radical (unpaired) electrons. The van der Waals surface area contributed by atoms with E-state index in [1.807, 2.05) is 0 Å². The van der Waals surface area contributed by atoms with Gasteiger partial charge in [-0.1, -0.05) is 11.6 Å². The minimum absolute atomic E-state index is 0.0483. The number of hydrogen-bond donors (Lipinski definition) is 0. The second-order valence-electron chi connectivity index (χ2n) is 4.73. The summed E-state index contributed by atoms with van der Waals surface area (Å²) < 4.78 is 28.0. The van der Waals surface area contributed by atoms with Crippen LogP contribution < -0.4 is 0 Å². The van der Waals surface area contributed by atoms with Crippen LogP contribution in [-0.2, 0) is 0 Å². The number of aromatic nitrogens is 2. The van der Waals surface area contributed by atoms with Crippen molar-refractivity contribution in [2.45, 2.75) is 18.8 Å². The Morgan fingerprint density at radius 1 is 1.29 bits per heavy atom.